The molecule has 0 amide bonds. The molecule has 0 aliphatic heterocycles. The van der Waals surface area contributed by atoms with Gasteiger partial charge in [-0.25, -0.2) is 0 Å². The third-order valence-corrected chi connectivity index (χ3v) is 4.13. The second-order valence-corrected chi connectivity index (χ2v) is 6.14. The summed E-state index contributed by atoms with van der Waals surface area (Å²) >= 11 is 1.52. The van der Waals surface area contributed by atoms with Gasteiger partial charge >= 0.3 is 29.6 Å². The minimum atomic E-state index is -1.26. The van der Waals surface area contributed by atoms with Crippen LogP contribution in [0.5, 0.6) is 5.75 Å². The van der Waals surface area contributed by atoms with E-state index in [0.29, 0.717) is 0 Å². The molecule has 3 rings (SSSR count). The Morgan fingerprint density at radius 1 is 1.20 bits per heavy atom. The number of nitrogens with one attached hydrogen (secondary N) is 1. The summed E-state index contributed by atoms with van der Waals surface area (Å²) in [5.41, 5.74) is 1.82. The molecule has 1 N–H and O–H groups in total. The van der Waals surface area contributed by atoms with Crippen molar-refractivity contribution in [2.75, 3.05) is 12.0 Å². The van der Waals surface area contributed by atoms with Crippen LogP contribution in [0.15, 0.2) is 48.5 Å². The fourth-order valence-electron chi connectivity index (χ4n) is 2.13. The topological polar surface area (TPSA) is 87.2 Å². The number of para-hydroxylation sites is 1. The quantitative estimate of drug-likeness (QED) is 0.462. The molecule has 0 spiro atoms. The van der Waals surface area contributed by atoms with Gasteiger partial charge in [-0.1, -0.05) is 35.6 Å². The number of carbonyl (C=O) groups is 1. The fraction of sp³-hybridized carbons (Fsp3) is 0.118. The Morgan fingerprint density at radius 3 is 2.72 bits per heavy atom. The molecule has 122 valence electrons. The molecule has 0 aliphatic rings. The van der Waals surface area contributed by atoms with Crippen LogP contribution >= 0.6 is 11.3 Å². The van der Waals surface area contributed by atoms with Crippen LogP contribution in [0.3, 0.4) is 0 Å². The molecule has 0 unspecified atom stereocenters. The predicted octanol–water partition coefficient (Wildman–Crippen LogP) is -0.671. The number of hydrogen-bond donors (Lipinski definition) is 1. The molecule has 8 heteroatoms. The van der Waals surface area contributed by atoms with Crippen molar-refractivity contribution in [3.05, 3.63) is 59.1 Å². The number of carbonyl (C=O) groups excluding carboxylic acids is 1. The summed E-state index contributed by atoms with van der Waals surface area (Å²) in [4.78, 5) is 11.0. The molecule has 2 aromatic carbocycles. The van der Waals surface area contributed by atoms with E-state index in [1.54, 1.807) is 18.2 Å². The number of rotatable bonds is 6. The molecule has 6 nitrogen and oxygen atoms in total. The van der Waals surface area contributed by atoms with E-state index in [9.17, 15) is 9.90 Å². The molecule has 0 bridgehead atoms. The third-order valence-electron chi connectivity index (χ3n) is 3.25. The van der Waals surface area contributed by atoms with Gasteiger partial charge in [0.05, 0.1) is 5.97 Å². The van der Waals surface area contributed by atoms with Crippen molar-refractivity contribution in [3.63, 3.8) is 0 Å². The Hall–Kier alpha value is -1.93. The monoisotopic (exact) mass is 363 g/mol. The number of aromatic nitrogens is 2. The summed E-state index contributed by atoms with van der Waals surface area (Å²) in [6, 6.07) is 14.1. The zero-order valence-corrected chi connectivity index (χ0v) is 16.7. The zero-order valence-electron chi connectivity index (χ0n) is 13.9. The van der Waals surface area contributed by atoms with Crippen molar-refractivity contribution < 1.29 is 44.2 Å². The van der Waals surface area contributed by atoms with Gasteiger partial charge in [0.2, 0.25) is 0 Å². The Balaban J connectivity index is 0.00000225. The number of anilines is 1. The number of benzene rings is 2. The van der Waals surface area contributed by atoms with Gasteiger partial charge in [-0.2, -0.15) is 0 Å². The van der Waals surface area contributed by atoms with Gasteiger partial charge in [-0.05, 0) is 31.2 Å². The number of aromatic carboxylic acids is 1. The largest absolute Gasteiger partial charge is 1.00 e. The molecule has 1 heterocycles. The number of nitrogens with zero attached hydrogens (tertiary/aromatic N) is 2. The smallest absolute Gasteiger partial charge is 0.545 e. The van der Waals surface area contributed by atoms with Crippen LogP contribution in [0, 0.1) is 6.92 Å². The second kappa shape index (κ2) is 8.96. The van der Waals surface area contributed by atoms with Crippen LogP contribution in [-0.4, -0.2) is 22.9 Å². The van der Waals surface area contributed by atoms with Gasteiger partial charge in [-0.3, -0.25) is 0 Å². The zero-order chi connectivity index (χ0) is 16.9. The number of ether oxygens (including phenoxy) is 1. The molecule has 0 atom stereocenters. The van der Waals surface area contributed by atoms with E-state index < -0.39 is 5.97 Å². The van der Waals surface area contributed by atoms with Crippen molar-refractivity contribution >= 4 is 23.0 Å². The summed E-state index contributed by atoms with van der Waals surface area (Å²) in [6.07, 6.45) is 0. The average Bonchev–Trinajstić information content (AvgIpc) is 3.02. The SMILES string of the molecule is Cc1nnc(-c2cccc(NCOc3ccccc3C(=O)[O-])c2)s1.[Na+]. The maximum atomic E-state index is 11.0. The minimum Gasteiger partial charge on any atom is -0.545 e. The Labute approximate surface area is 171 Å². The molecule has 0 radical (unpaired) electrons. The molecule has 1 aromatic heterocycles. The van der Waals surface area contributed by atoms with E-state index in [4.69, 9.17) is 4.74 Å². The van der Waals surface area contributed by atoms with Gasteiger partial charge in [0.15, 0.2) is 6.73 Å². The molecule has 3 aromatic rings. The minimum absolute atomic E-state index is 0. The van der Waals surface area contributed by atoms with E-state index in [0.717, 1.165) is 21.3 Å². The first-order valence-electron chi connectivity index (χ1n) is 7.21. The summed E-state index contributed by atoms with van der Waals surface area (Å²) < 4.78 is 5.49. The second-order valence-electron chi connectivity index (χ2n) is 4.96. The van der Waals surface area contributed by atoms with Crippen LogP contribution in [0.1, 0.15) is 15.4 Å². The number of carboxylic acids is 1. The van der Waals surface area contributed by atoms with Gasteiger partial charge in [-0.15, -0.1) is 10.2 Å². The normalized spacial score (nSPS) is 9.96. The van der Waals surface area contributed by atoms with E-state index in [2.05, 4.69) is 15.5 Å². The molecule has 0 saturated heterocycles. The Morgan fingerprint density at radius 2 is 2.00 bits per heavy atom. The molecule has 25 heavy (non-hydrogen) atoms. The van der Waals surface area contributed by atoms with Crippen LogP contribution < -0.4 is 44.7 Å². The van der Waals surface area contributed by atoms with E-state index in [-0.39, 0.29) is 47.6 Å². The third kappa shape index (κ3) is 5.02. The fourth-order valence-corrected chi connectivity index (χ4v) is 2.82. The van der Waals surface area contributed by atoms with Crippen LogP contribution in [-0.2, 0) is 0 Å². The molecule has 0 saturated carbocycles. The maximum Gasteiger partial charge on any atom is 1.00 e. The van der Waals surface area contributed by atoms with Crippen LogP contribution in [0.4, 0.5) is 5.69 Å². The predicted molar refractivity (Wildman–Crippen MR) is 90.0 cm³/mol. The van der Waals surface area contributed by atoms with Gasteiger partial charge in [0, 0.05) is 16.8 Å². The van der Waals surface area contributed by atoms with Gasteiger partial charge < -0.3 is 20.0 Å². The van der Waals surface area contributed by atoms with Crippen molar-refractivity contribution in [2.45, 2.75) is 6.92 Å². The summed E-state index contributed by atoms with van der Waals surface area (Å²) in [5.74, 6) is -1.000. The van der Waals surface area contributed by atoms with Gasteiger partial charge in [0.25, 0.3) is 0 Å². The first-order chi connectivity index (χ1) is 11.6. The van der Waals surface area contributed by atoms with E-state index in [1.165, 1.54) is 17.4 Å². The summed E-state index contributed by atoms with van der Waals surface area (Å²) in [5, 5.41) is 24.0. The Kier molecular flexibility index (Phi) is 6.95. The molecular weight excluding hydrogens is 349 g/mol. The van der Waals surface area contributed by atoms with Crippen LogP contribution in [0.25, 0.3) is 10.6 Å². The van der Waals surface area contributed by atoms with Gasteiger partial charge in [0.1, 0.15) is 15.8 Å². The van der Waals surface area contributed by atoms with Crippen molar-refractivity contribution in [1.82, 2.24) is 10.2 Å². The first kappa shape index (κ1) is 19.4. The number of aryl methyl sites for hydroxylation is 1. The molecule has 0 aliphatic carbocycles. The number of hydrogen-bond acceptors (Lipinski definition) is 7. The number of carboxylic acid groups (broad SMARTS) is 1. The van der Waals surface area contributed by atoms with E-state index in [1.807, 2.05) is 31.2 Å². The molecule has 0 fully saturated rings. The van der Waals surface area contributed by atoms with Crippen molar-refractivity contribution in [3.8, 4) is 16.3 Å². The van der Waals surface area contributed by atoms with Crippen LogP contribution in [0.2, 0.25) is 0 Å². The van der Waals surface area contributed by atoms with Crippen molar-refractivity contribution in [2.24, 2.45) is 0 Å². The first-order valence-corrected chi connectivity index (χ1v) is 8.03. The molecular formula is C17H14N3NaO3S. The van der Waals surface area contributed by atoms with E-state index >= 15 is 0 Å². The summed E-state index contributed by atoms with van der Waals surface area (Å²) in [7, 11) is 0. The summed E-state index contributed by atoms with van der Waals surface area (Å²) in [6.45, 7) is 2.04. The Bertz CT molecular complexity index is 870. The standard InChI is InChI=1S/C17H15N3O3S.Na/c1-11-19-20-16(24-11)12-5-4-6-13(9-12)18-10-23-15-8-3-2-7-14(15)17(21)22;/h2-9,18H,10H2,1H3,(H,21,22);/q;+1/p-1. The van der Waals surface area contributed by atoms with Crippen molar-refractivity contribution in [1.29, 1.82) is 0 Å². The maximum absolute atomic E-state index is 11.0. The average molecular weight is 363 g/mol.